The molecular weight excluding hydrogens is 194 g/mol. The number of anilines is 1. The van der Waals surface area contributed by atoms with Gasteiger partial charge in [-0.1, -0.05) is 42.5 Å². The molecule has 1 heterocycles. The monoisotopic (exact) mass is 207 g/mol. The van der Waals surface area contributed by atoms with Gasteiger partial charge in [0.2, 0.25) is 0 Å². The summed E-state index contributed by atoms with van der Waals surface area (Å²) >= 11 is 0. The van der Waals surface area contributed by atoms with Crippen molar-refractivity contribution in [1.29, 1.82) is 0 Å². The van der Waals surface area contributed by atoms with E-state index in [4.69, 9.17) is 0 Å². The van der Waals surface area contributed by atoms with Gasteiger partial charge in [0.05, 0.1) is 0 Å². The number of para-hydroxylation sites is 1. The average Bonchev–Trinajstić information content (AvgIpc) is 2.55. The topological polar surface area (TPSA) is 12.0 Å². The number of rotatable bonds is 0. The fourth-order valence-electron chi connectivity index (χ4n) is 2.19. The van der Waals surface area contributed by atoms with Crippen molar-refractivity contribution in [2.45, 2.75) is 6.92 Å². The van der Waals surface area contributed by atoms with Crippen LogP contribution >= 0.6 is 0 Å². The highest BCUT2D eigenvalue weighted by Gasteiger charge is 2.17. The highest BCUT2D eigenvalue weighted by molar-refractivity contribution is 5.87. The molecule has 0 spiro atoms. The average molecular weight is 207 g/mol. The molecule has 0 unspecified atom stereocenters. The summed E-state index contributed by atoms with van der Waals surface area (Å²) in [4.78, 5) is 0. The maximum atomic E-state index is 3.47. The Kier molecular flexibility index (Phi) is 2.03. The minimum absolute atomic E-state index is 1.18. The highest BCUT2D eigenvalue weighted by atomic mass is 14.9. The molecule has 1 nitrogen and oxygen atoms in total. The summed E-state index contributed by atoms with van der Waals surface area (Å²) in [6.45, 7) is 2.18. The van der Waals surface area contributed by atoms with Gasteiger partial charge in [-0.05, 0) is 24.6 Å². The van der Waals surface area contributed by atoms with Crippen LogP contribution in [-0.2, 0) is 0 Å². The van der Waals surface area contributed by atoms with Gasteiger partial charge < -0.3 is 5.32 Å². The van der Waals surface area contributed by atoms with Crippen LogP contribution in [0.5, 0.6) is 0 Å². The first-order chi connectivity index (χ1) is 7.86. The number of benzene rings is 1. The van der Waals surface area contributed by atoms with Gasteiger partial charge in [0.1, 0.15) is 0 Å². The first-order valence-corrected chi connectivity index (χ1v) is 5.49. The summed E-state index contributed by atoms with van der Waals surface area (Å²) in [6, 6.07) is 8.42. The van der Waals surface area contributed by atoms with Gasteiger partial charge in [0.15, 0.2) is 0 Å². The van der Waals surface area contributed by atoms with Crippen molar-refractivity contribution in [3.8, 4) is 0 Å². The second-order valence-electron chi connectivity index (χ2n) is 4.03. The van der Waals surface area contributed by atoms with Gasteiger partial charge in [0.25, 0.3) is 0 Å². The molecule has 0 bridgehead atoms. The quantitative estimate of drug-likeness (QED) is 0.680. The second-order valence-corrected chi connectivity index (χ2v) is 4.03. The number of fused-ring (bicyclic) bond motifs is 2. The van der Waals surface area contributed by atoms with E-state index in [1.54, 1.807) is 0 Å². The van der Waals surface area contributed by atoms with Crippen molar-refractivity contribution in [3.63, 3.8) is 0 Å². The molecule has 0 atom stereocenters. The van der Waals surface area contributed by atoms with Crippen molar-refractivity contribution in [3.05, 3.63) is 71.5 Å². The Morgan fingerprint density at radius 1 is 1.00 bits per heavy atom. The van der Waals surface area contributed by atoms with Gasteiger partial charge in [0, 0.05) is 22.5 Å². The van der Waals surface area contributed by atoms with Gasteiger partial charge in [-0.2, -0.15) is 0 Å². The predicted molar refractivity (Wildman–Crippen MR) is 69.0 cm³/mol. The van der Waals surface area contributed by atoms with E-state index in [1.165, 1.54) is 28.1 Å². The zero-order valence-electron chi connectivity index (χ0n) is 9.20. The van der Waals surface area contributed by atoms with Gasteiger partial charge in [-0.25, -0.2) is 0 Å². The number of nitrogens with one attached hydrogen (secondary N) is 1. The molecule has 1 heteroatoms. The molecule has 2 aliphatic rings. The van der Waals surface area contributed by atoms with E-state index < -0.39 is 0 Å². The zero-order chi connectivity index (χ0) is 11.0. The van der Waals surface area contributed by atoms with E-state index in [1.807, 2.05) is 0 Å². The molecule has 1 aromatic rings. The lowest BCUT2D eigenvalue weighted by atomic mass is 9.93. The lowest BCUT2D eigenvalue weighted by Crippen LogP contribution is -2.09. The van der Waals surface area contributed by atoms with Crippen molar-refractivity contribution in [2.24, 2.45) is 0 Å². The molecule has 1 aliphatic carbocycles. The van der Waals surface area contributed by atoms with Gasteiger partial charge >= 0.3 is 0 Å². The molecule has 78 valence electrons. The fraction of sp³-hybridized carbons (Fsp3) is 0.0667. The van der Waals surface area contributed by atoms with Gasteiger partial charge in [-0.15, -0.1) is 0 Å². The van der Waals surface area contributed by atoms with E-state index >= 15 is 0 Å². The highest BCUT2D eigenvalue weighted by Crippen LogP contribution is 2.36. The van der Waals surface area contributed by atoms with Crippen LogP contribution in [-0.4, -0.2) is 0 Å². The van der Waals surface area contributed by atoms with Crippen molar-refractivity contribution in [2.75, 3.05) is 5.32 Å². The van der Waals surface area contributed by atoms with Crippen molar-refractivity contribution in [1.82, 2.24) is 0 Å². The summed E-state index contributed by atoms with van der Waals surface area (Å²) in [6.07, 6.45) is 10.5. The van der Waals surface area contributed by atoms with Crippen LogP contribution < -0.4 is 5.32 Å². The normalized spacial score (nSPS) is 17.2. The Labute approximate surface area is 95.5 Å². The molecule has 0 saturated heterocycles. The standard InChI is InChI=1S/C15H13N/c1-11-12-7-3-2-4-9-14(12)16-15-10-6-5-8-13(11)15/h2-10,16H,1H3. The van der Waals surface area contributed by atoms with E-state index in [2.05, 4.69) is 66.9 Å². The summed E-state index contributed by atoms with van der Waals surface area (Å²) in [5.74, 6) is 0. The van der Waals surface area contributed by atoms with Gasteiger partial charge in [-0.3, -0.25) is 0 Å². The fourth-order valence-corrected chi connectivity index (χ4v) is 2.19. The number of hydrogen-bond donors (Lipinski definition) is 1. The van der Waals surface area contributed by atoms with E-state index in [0.717, 1.165) is 0 Å². The third-order valence-corrected chi connectivity index (χ3v) is 3.04. The molecule has 16 heavy (non-hydrogen) atoms. The smallest absolute Gasteiger partial charge is 0.0460 e. The third-order valence-electron chi connectivity index (χ3n) is 3.04. The van der Waals surface area contributed by atoms with E-state index in [0.29, 0.717) is 0 Å². The summed E-state index contributed by atoms with van der Waals surface area (Å²) in [5, 5.41) is 3.47. The molecular formula is C15H13N. The molecule has 1 aliphatic heterocycles. The molecule has 0 aromatic heterocycles. The first-order valence-electron chi connectivity index (χ1n) is 5.49. The van der Waals surface area contributed by atoms with Crippen LogP contribution in [0, 0.1) is 0 Å². The Balaban J connectivity index is 2.26. The predicted octanol–water partition coefficient (Wildman–Crippen LogP) is 3.90. The lowest BCUT2D eigenvalue weighted by Gasteiger charge is -2.23. The molecule has 1 aromatic carbocycles. The molecule has 1 N–H and O–H groups in total. The molecule has 0 fully saturated rings. The SMILES string of the molecule is CC1=C2C=CC=CC=C2Nc2ccccc21. The maximum absolute atomic E-state index is 3.47. The first kappa shape index (κ1) is 9.22. The zero-order valence-corrected chi connectivity index (χ0v) is 9.20. The molecule has 0 saturated carbocycles. The van der Waals surface area contributed by atoms with Crippen LogP contribution in [0.2, 0.25) is 0 Å². The molecule has 0 amide bonds. The summed E-state index contributed by atoms with van der Waals surface area (Å²) in [5.41, 5.74) is 6.28. The minimum Gasteiger partial charge on any atom is -0.355 e. The van der Waals surface area contributed by atoms with E-state index in [-0.39, 0.29) is 0 Å². The van der Waals surface area contributed by atoms with Crippen LogP contribution in [0.25, 0.3) is 5.57 Å². The Morgan fingerprint density at radius 3 is 2.81 bits per heavy atom. The maximum Gasteiger partial charge on any atom is 0.0460 e. The lowest BCUT2D eigenvalue weighted by molar-refractivity contribution is 1.34. The van der Waals surface area contributed by atoms with Crippen LogP contribution in [0.4, 0.5) is 5.69 Å². The summed E-state index contributed by atoms with van der Waals surface area (Å²) in [7, 11) is 0. The second kappa shape index (κ2) is 3.53. The number of hydrogen-bond acceptors (Lipinski definition) is 1. The Morgan fingerprint density at radius 2 is 1.88 bits per heavy atom. The third kappa shape index (κ3) is 1.33. The van der Waals surface area contributed by atoms with Crippen LogP contribution in [0.15, 0.2) is 65.9 Å². The van der Waals surface area contributed by atoms with Crippen molar-refractivity contribution >= 4 is 11.3 Å². The largest absolute Gasteiger partial charge is 0.355 e. The number of allylic oxidation sites excluding steroid dienone is 6. The molecule has 3 rings (SSSR count). The van der Waals surface area contributed by atoms with Crippen molar-refractivity contribution < 1.29 is 0 Å². The van der Waals surface area contributed by atoms with Crippen LogP contribution in [0.1, 0.15) is 12.5 Å². The van der Waals surface area contributed by atoms with E-state index in [9.17, 15) is 0 Å². The Hall–Kier alpha value is -2.02. The molecule has 0 radical (unpaired) electrons. The minimum atomic E-state index is 1.18. The van der Waals surface area contributed by atoms with Crippen LogP contribution in [0.3, 0.4) is 0 Å². The Bertz CT molecular complexity index is 557. The summed E-state index contributed by atoms with van der Waals surface area (Å²) < 4.78 is 0.